The van der Waals surface area contributed by atoms with Crippen LogP contribution < -0.4 is 0 Å². The zero-order chi connectivity index (χ0) is 23.8. The summed E-state index contributed by atoms with van der Waals surface area (Å²) in [6.07, 6.45) is 0. The van der Waals surface area contributed by atoms with Crippen LogP contribution in [-0.2, 0) is 10.8 Å². The van der Waals surface area contributed by atoms with Crippen LogP contribution in [0, 0.1) is 13.8 Å². The lowest BCUT2D eigenvalue weighted by Gasteiger charge is -2.18. The van der Waals surface area contributed by atoms with Gasteiger partial charge in [-0.05, 0) is 77.3 Å². The summed E-state index contributed by atoms with van der Waals surface area (Å²) >= 11 is 0. The molecule has 0 aromatic heterocycles. The molecule has 3 rings (SSSR count). The Morgan fingerprint density at radius 2 is 1.10 bits per heavy atom. The van der Waals surface area contributed by atoms with Crippen molar-refractivity contribution >= 4 is 0 Å². The van der Waals surface area contributed by atoms with Crippen molar-refractivity contribution in [2.45, 2.75) is 66.2 Å². The van der Waals surface area contributed by atoms with E-state index in [1.165, 1.54) is 5.56 Å². The normalized spacial score (nSPS) is 11.0. The molecule has 3 heteroatoms. The Morgan fingerprint density at radius 3 is 1.48 bits per heavy atom. The van der Waals surface area contributed by atoms with Crippen molar-refractivity contribution in [3.05, 3.63) is 89.0 Å². The minimum absolute atomic E-state index is 0.124. The van der Waals surface area contributed by atoms with E-state index < -0.39 is 0 Å². The number of aromatic hydroxyl groups is 3. The Morgan fingerprint density at radius 1 is 0.548 bits per heavy atom. The Kier molecular flexibility index (Phi) is 9.18. The molecule has 0 fully saturated rings. The summed E-state index contributed by atoms with van der Waals surface area (Å²) < 4.78 is 0. The van der Waals surface area contributed by atoms with Crippen molar-refractivity contribution in [1.29, 1.82) is 0 Å². The van der Waals surface area contributed by atoms with Crippen molar-refractivity contribution in [2.24, 2.45) is 0 Å². The van der Waals surface area contributed by atoms with Gasteiger partial charge in [-0.15, -0.1) is 0 Å². The molecule has 0 amide bonds. The maximum absolute atomic E-state index is 9.18. The average molecular weight is 423 g/mol. The molecule has 0 saturated heterocycles. The Bertz CT molecular complexity index is 943. The summed E-state index contributed by atoms with van der Waals surface area (Å²) in [5.41, 5.74) is 4.73. The molecule has 0 spiro atoms. The monoisotopic (exact) mass is 422 g/mol. The minimum atomic E-state index is 0.124. The third-order valence-electron chi connectivity index (χ3n) is 4.81. The molecule has 0 atom stereocenters. The van der Waals surface area contributed by atoms with Crippen molar-refractivity contribution in [1.82, 2.24) is 0 Å². The highest BCUT2D eigenvalue weighted by atomic mass is 16.3. The first-order chi connectivity index (χ1) is 14.2. The quantitative estimate of drug-likeness (QED) is 0.354. The molecule has 0 aliphatic carbocycles. The predicted octanol–water partition coefficient (Wildman–Crippen LogP) is 7.39. The highest BCUT2D eigenvalue weighted by molar-refractivity contribution is 5.34. The Labute approximate surface area is 188 Å². The fraction of sp³-hybridized carbons (Fsp3) is 0.357. The Balaban J connectivity index is 0.000000234. The van der Waals surface area contributed by atoms with Gasteiger partial charge in [0.1, 0.15) is 17.2 Å². The van der Waals surface area contributed by atoms with E-state index >= 15 is 0 Å². The summed E-state index contributed by atoms with van der Waals surface area (Å²) in [4.78, 5) is 0. The summed E-state index contributed by atoms with van der Waals surface area (Å²) in [6.45, 7) is 16.7. The van der Waals surface area contributed by atoms with Gasteiger partial charge < -0.3 is 15.3 Å². The molecule has 3 aromatic carbocycles. The molecule has 31 heavy (non-hydrogen) atoms. The minimum Gasteiger partial charge on any atom is -0.508 e. The van der Waals surface area contributed by atoms with Crippen molar-refractivity contribution in [3.8, 4) is 17.2 Å². The third kappa shape index (κ3) is 9.61. The lowest BCUT2D eigenvalue weighted by molar-refractivity contribution is 0.470. The van der Waals surface area contributed by atoms with Crippen molar-refractivity contribution in [3.63, 3.8) is 0 Å². The highest BCUT2D eigenvalue weighted by Crippen LogP contribution is 2.25. The van der Waals surface area contributed by atoms with Gasteiger partial charge in [0.05, 0.1) is 0 Å². The van der Waals surface area contributed by atoms with Gasteiger partial charge >= 0.3 is 0 Å². The SMILES string of the molecule is CC(C)(C)c1ccc(O)cc1.CC(C)(C)c1cccc(O)c1.Cc1ccc(C)c(O)c1. The molecular formula is C28H38O3. The van der Waals surface area contributed by atoms with E-state index in [4.69, 9.17) is 10.2 Å². The molecule has 0 aliphatic rings. The van der Waals surface area contributed by atoms with Crippen LogP contribution in [0.25, 0.3) is 0 Å². The van der Waals surface area contributed by atoms with E-state index in [2.05, 4.69) is 41.5 Å². The van der Waals surface area contributed by atoms with Gasteiger partial charge in [0.25, 0.3) is 0 Å². The molecule has 0 bridgehead atoms. The number of phenols is 3. The molecule has 0 saturated carbocycles. The number of phenolic OH excluding ortho intramolecular Hbond substituents is 3. The number of hydrogen-bond donors (Lipinski definition) is 3. The van der Waals surface area contributed by atoms with Gasteiger partial charge in [0.15, 0.2) is 0 Å². The molecule has 3 nitrogen and oxygen atoms in total. The molecular weight excluding hydrogens is 384 g/mol. The lowest BCUT2D eigenvalue weighted by Crippen LogP contribution is -2.10. The van der Waals surface area contributed by atoms with Crippen LogP contribution in [0.2, 0.25) is 0 Å². The summed E-state index contributed by atoms with van der Waals surface area (Å²) in [5.74, 6) is 1.06. The van der Waals surface area contributed by atoms with Gasteiger partial charge in [0.2, 0.25) is 0 Å². The number of rotatable bonds is 0. The zero-order valence-corrected chi connectivity index (χ0v) is 20.2. The van der Waals surface area contributed by atoms with Crippen LogP contribution in [0.3, 0.4) is 0 Å². The fourth-order valence-corrected chi connectivity index (χ4v) is 2.65. The van der Waals surface area contributed by atoms with E-state index in [0.717, 1.165) is 16.7 Å². The van der Waals surface area contributed by atoms with Gasteiger partial charge in [0, 0.05) is 0 Å². The van der Waals surface area contributed by atoms with Gasteiger partial charge in [-0.1, -0.05) is 77.9 Å². The predicted molar refractivity (Wildman–Crippen MR) is 131 cm³/mol. The van der Waals surface area contributed by atoms with Crippen LogP contribution in [0.4, 0.5) is 0 Å². The summed E-state index contributed by atoms with van der Waals surface area (Å²) in [7, 11) is 0. The van der Waals surface area contributed by atoms with Crippen LogP contribution in [0.5, 0.6) is 17.2 Å². The third-order valence-corrected chi connectivity index (χ3v) is 4.81. The topological polar surface area (TPSA) is 60.7 Å². The van der Waals surface area contributed by atoms with Crippen LogP contribution >= 0.6 is 0 Å². The standard InChI is InChI=1S/2C10H14O.C8H10O/c1-10(2,3)8-4-6-9(11)7-5-8;1-10(2,3)8-5-4-6-9(11)7-8;1-6-3-4-7(2)8(9)5-6/h2*4-7,11H,1-3H3;3-5,9H,1-2H3. The van der Waals surface area contributed by atoms with Gasteiger partial charge in [-0.25, -0.2) is 0 Å². The molecule has 3 aromatic rings. The summed E-state index contributed by atoms with van der Waals surface area (Å²) in [6, 6.07) is 20.4. The second-order valence-corrected chi connectivity index (χ2v) is 9.89. The zero-order valence-electron chi connectivity index (χ0n) is 20.2. The fourth-order valence-electron chi connectivity index (χ4n) is 2.65. The molecule has 168 valence electrons. The Hall–Kier alpha value is -2.94. The highest BCUT2D eigenvalue weighted by Gasteiger charge is 2.13. The summed E-state index contributed by atoms with van der Waals surface area (Å²) in [5, 5.41) is 27.3. The van der Waals surface area contributed by atoms with E-state index in [0.29, 0.717) is 17.2 Å². The van der Waals surface area contributed by atoms with Crippen LogP contribution in [-0.4, -0.2) is 15.3 Å². The first-order valence-electron chi connectivity index (χ1n) is 10.6. The molecule has 0 heterocycles. The number of benzene rings is 3. The van der Waals surface area contributed by atoms with Crippen molar-refractivity contribution < 1.29 is 15.3 Å². The first kappa shape index (κ1) is 26.1. The second-order valence-electron chi connectivity index (χ2n) is 9.89. The molecule has 3 N–H and O–H groups in total. The average Bonchev–Trinajstić information content (AvgIpc) is 2.65. The molecule has 0 unspecified atom stereocenters. The lowest BCUT2D eigenvalue weighted by atomic mass is 9.87. The number of hydrogen-bond acceptors (Lipinski definition) is 3. The smallest absolute Gasteiger partial charge is 0.118 e. The van der Waals surface area contributed by atoms with Gasteiger partial charge in [-0.2, -0.15) is 0 Å². The van der Waals surface area contributed by atoms with E-state index in [1.807, 2.05) is 50.2 Å². The van der Waals surface area contributed by atoms with Crippen LogP contribution in [0.15, 0.2) is 66.7 Å². The van der Waals surface area contributed by atoms with E-state index in [-0.39, 0.29) is 10.8 Å². The van der Waals surface area contributed by atoms with E-state index in [1.54, 1.807) is 30.3 Å². The van der Waals surface area contributed by atoms with Crippen LogP contribution in [0.1, 0.15) is 63.8 Å². The maximum Gasteiger partial charge on any atom is 0.118 e. The molecule has 0 radical (unpaired) electrons. The van der Waals surface area contributed by atoms with Crippen molar-refractivity contribution in [2.75, 3.05) is 0 Å². The second kappa shape index (κ2) is 10.9. The maximum atomic E-state index is 9.18. The number of aryl methyl sites for hydroxylation is 2. The first-order valence-corrected chi connectivity index (χ1v) is 10.6. The van der Waals surface area contributed by atoms with E-state index in [9.17, 15) is 5.11 Å². The largest absolute Gasteiger partial charge is 0.508 e. The molecule has 0 aliphatic heterocycles. The van der Waals surface area contributed by atoms with Gasteiger partial charge in [-0.3, -0.25) is 0 Å².